The van der Waals surface area contributed by atoms with Gasteiger partial charge in [0.15, 0.2) is 0 Å². The van der Waals surface area contributed by atoms with Crippen molar-refractivity contribution >= 4 is 75.3 Å². The van der Waals surface area contributed by atoms with Gasteiger partial charge in [0.25, 0.3) is 11.8 Å². The lowest BCUT2D eigenvalue weighted by Gasteiger charge is -2.15. The number of amides is 2. The van der Waals surface area contributed by atoms with E-state index in [1.165, 1.54) is 6.08 Å². The topological polar surface area (TPSA) is 86.9 Å². The Bertz CT molecular complexity index is 1370. The van der Waals surface area contributed by atoms with E-state index in [4.69, 9.17) is 46.4 Å². The predicted molar refractivity (Wildman–Crippen MR) is 133 cm³/mol. The van der Waals surface area contributed by atoms with Crippen LogP contribution in [-0.4, -0.2) is 21.8 Å². The summed E-state index contributed by atoms with van der Waals surface area (Å²) in [5.74, 6) is -1.04. The first kappa shape index (κ1) is 23.1. The molecule has 1 heterocycles. The number of rotatable bonds is 4. The Kier molecular flexibility index (Phi) is 6.91. The number of fused-ring (bicyclic) bond motifs is 1. The van der Waals surface area contributed by atoms with Crippen LogP contribution in [0.1, 0.15) is 15.9 Å². The SMILES string of the molecule is O=C(/C=C/c1ccccc1)NNC(=O)c1c(Cl)c(Cl)c(Cl)c(Cl)c1-c1nc2ccccc2[nH]1. The molecule has 3 aromatic carbocycles. The fourth-order valence-corrected chi connectivity index (χ4v) is 4.13. The molecular weight excluding hydrogens is 506 g/mol. The van der Waals surface area contributed by atoms with Crippen LogP contribution in [0.25, 0.3) is 28.5 Å². The lowest BCUT2D eigenvalue weighted by Crippen LogP contribution is -2.41. The third-order valence-corrected chi connectivity index (χ3v) is 6.45. The van der Waals surface area contributed by atoms with Crippen LogP contribution >= 0.6 is 46.4 Å². The molecule has 0 aliphatic rings. The lowest BCUT2D eigenvalue weighted by molar-refractivity contribution is -0.117. The van der Waals surface area contributed by atoms with Gasteiger partial charge in [-0.25, -0.2) is 4.98 Å². The van der Waals surface area contributed by atoms with Crippen LogP contribution in [0.4, 0.5) is 0 Å². The van der Waals surface area contributed by atoms with E-state index in [-0.39, 0.29) is 37.0 Å². The summed E-state index contributed by atoms with van der Waals surface area (Å²) in [6.45, 7) is 0. The molecule has 10 heteroatoms. The molecule has 0 bridgehead atoms. The summed E-state index contributed by atoms with van der Waals surface area (Å²) in [7, 11) is 0. The smallest absolute Gasteiger partial charge is 0.272 e. The molecule has 0 atom stereocenters. The largest absolute Gasteiger partial charge is 0.338 e. The van der Waals surface area contributed by atoms with Gasteiger partial charge in [-0.2, -0.15) is 0 Å². The first-order valence-electron chi connectivity index (χ1n) is 9.51. The minimum atomic E-state index is -0.752. The summed E-state index contributed by atoms with van der Waals surface area (Å²) < 4.78 is 0. The number of hydrogen-bond donors (Lipinski definition) is 3. The Balaban J connectivity index is 1.65. The van der Waals surface area contributed by atoms with Crippen molar-refractivity contribution in [3.8, 4) is 11.4 Å². The highest BCUT2D eigenvalue weighted by Gasteiger charge is 2.27. The minimum absolute atomic E-state index is 0.00873. The second kappa shape index (κ2) is 9.85. The van der Waals surface area contributed by atoms with Crippen LogP contribution in [0, 0.1) is 0 Å². The van der Waals surface area contributed by atoms with E-state index in [1.54, 1.807) is 12.1 Å². The molecule has 4 rings (SSSR count). The summed E-state index contributed by atoms with van der Waals surface area (Å²) in [6, 6.07) is 16.5. The van der Waals surface area contributed by atoms with E-state index >= 15 is 0 Å². The number of hydrazine groups is 1. The molecule has 0 aliphatic carbocycles. The molecule has 1 aromatic heterocycles. The summed E-state index contributed by atoms with van der Waals surface area (Å²) >= 11 is 25.3. The Morgan fingerprint density at radius 1 is 0.818 bits per heavy atom. The Morgan fingerprint density at radius 2 is 1.48 bits per heavy atom. The predicted octanol–water partition coefficient (Wildman–Crippen LogP) is 6.32. The van der Waals surface area contributed by atoms with Crippen LogP contribution < -0.4 is 10.9 Å². The molecule has 6 nitrogen and oxygen atoms in total. The van der Waals surface area contributed by atoms with Crippen molar-refractivity contribution in [3.63, 3.8) is 0 Å². The first-order valence-corrected chi connectivity index (χ1v) is 11.0. The fourth-order valence-electron chi connectivity index (χ4n) is 3.10. The van der Waals surface area contributed by atoms with Gasteiger partial charge in [-0.05, 0) is 23.8 Å². The normalized spacial score (nSPS) is 11.2. The van der Waals surface area contributed by atoms with Gasteiger partial charge in [0.2, 0.25) is 0 Å². The quantitative estimate of drug-likeness (QED) is 0.128. The third-order valence-electron chi connectivity index (χ3n) is 4.65. The van der Waals surface area contributed by atoms with Crippen LogP contribution in [0.2, 0.25) is 20.1 Å². The zero-order valence-corrected chi connectivity index (χ0v) is 19.7. The number of carbonyl (C=O) groups excluding carboxylic acids is 2. The monoisotopic (exact) mass is 518 g/mol. The Labute approximate surface area is 208 Å². The molecule has 166 valence electrons. The van der Waals surface area contributed by atoms with Crippen molar-refractivity contribution in [2.24, 2.45) is 0 Å². The molecule has 0 spiro atoms. The molecule has 0 fully saturated rings. The highest BCUT2D eigenvalue weighted by molar-refractivity contribution is 6.54. The average Bonchev–Trinajstić information content (AvgIpc) is 3.26. The van der Waals surface area contributed by atoms with Gasteiger partial charge in [0.05, 0.1) is 42.3 Å². The number of H-pyrrole nitrogens is 1. The van der Waals surface area contributed by atoms with Crippen molar-refractivity contribution in [2.75, 3.05) is 0 Å². The highest BCUT2D eigenvalue weighted by atomic mass is 35.5. The van der Waals surface area contributed by atoms with Crippen LogP contribution in [0.3, 0.4) is 0 Å². The van der Waals surface area contributed by atoms with Crippen molar-refractivity contribution in [1.82, 2.24) is 20.8 Å². The molecule has 0 unspecified atom stereocenters. The standard InChI is InChI=1S/C23H14Cl4N4O2/c24-18-16(22-28-13-8-4-5-9-14(13)29-22)17(19(25)21(27)20(18)26)23(33)31-30-15(32)11-10-12-6-2-1-3-7-12/h1-11H,(H,28,29)(H,30,32)(H,31,33)/b11-10+. The summed E-state index contributed by atoms with van der Waals surface area (Å²) in [5.41, 5.74) is 6.87. The van der Waals surface area contributed by atoms with Gasteiger partial charge in [0.1, 0.15) is 5.82 Å². The fraction of sp³-hybridized carbons (Fsp3) is 0. The van der Waals surface area contributed by atoms with Gasteiger partial charge < -0.3 is 4.98 Å². The number of halogens is 4. The van der Waals surface area contributed by atoms with E-state index in [9.17, 15) is 9.59 Å². The maximum atomic E-state index is 13.0. The van der Waals surface area contributed by atoms with Gasteiger partial charge in [0, 0.05) is 6.08 Å². The summed E-state index contributed by atoms with van der Waals surface area (Å²) in [6.07, 6.45) is 2.88. The number of imidazole rings is 1. The summed E-state index contributed by atoms with van der Waals surface area (Å²) in [5, 5.41) is -0.257. The molecule has 0 radical (unpaired) electrons. The molecule has 0 aliphatic heterocycles. The highest BCUT2D eigenvalue weighted by Crippen LogP contribution is 2.45. The van der Waals surface area contributed by atoms with Crippen molar-refractivity contribution in [1.29, 1.82) is 0 Å². The molecule has 3 N–H and O–H groups in total. The molecule has 4 aromatic rings. The van der Waals surface area contributed by atoms with Crippen LogP contribution in [0.15, 0.2) is 60.7 Å². The Morgan fingerprint density at radius 3 is 2.21 bits per heavy atom. The minimum Gasteiger partial charge on any atom is -0.338 e. The second-order valence-electron chi connectivity index (χ2n) is 6.80. The number of nitrogens with zero attached hydrogens (tertiary/aromatic N) is 1. The van der Waals surface area contributed by atoms with Gasteiger partial charge in [-0.1, -0.05) is 88.9 Å². The van der Waals surface area contributed by atoms with E-state index < -0.39 is 11.8 Å². The molecule has 33 heavy (non-hydrogen) atoms. The first-order chi connectivity index (χ1) is 15.9. The van der Waals surface area contributed by atoms with Crippen LogP contribution in [-0.2, 0) is 4.79 Å². The molecule has 2 amide bonds. The number of para-hydroxylation sites is 2. The molecule has 0 saturated carbocycles. The Hall–Kier alpha value is -3.03. The van der Waals surface area contributed by atoms with Gasteiger partial charge in [-0.15, -0.1) is 0 Å². The maximum absolute atomic E-state index is 13.0. The van der Waals surface area contributed by atoms with Gasteiger partial charge in [-0.3, -0.25) is 20.4 Å². The number of aromatic amines is 1. The number of nitrogens with one attached hydrogen (secondary N) is 3. The van der Waals surface area contributed by atoms with Crippen LogP contribution in [0.5, 0.6) is 0 Å². The van der Waals surface area contributed by atoms with E-state index in [0.717, 1.165) is 11.1 Å². The number of aromatic nitrogens is 2. The van der Waals surface area contributed by atoms with Gasteiger partial charge >= 0.3 is 0 Å². The number of benzene rings is 3. The van der Waals surface area contributed by atoms with Crippen molar-refractivity contribution < 1.29 is 9.59 Å². The average molecular weight is 520 g/mol. The number of carbonyl (C=O) groups is 2. The lowest BCUT2D eigenvalue weighted by atomic mass is 10.1. The van der Waals surface area contributed by atoms with E-state index in [1.807, 2.05) is 48.5 Å². The van der Waals surface area contributed by atoms with Crippen molar-refractivity contribution in [2.45, 2.75) is 0 Å². The van der Waals surface area contributed by atoms with Crippen molar-refractivity contribution in [3.05, 3.63) is 91.9 Å². The summed E-state index contributed by atoms with van der Waals surface area (Å²) in [4.78, 5) is 32.8. The second-order valence-corrected chi connectivity index (χ2v) is 8.31. The molecule has 0 saturated heterocycles. The zero-order chi connectivity index (χ0) is 23.5. The zero-order valence-electron chi connectivity index (χ0n) is 16.6. The van der Waals surface area contributed by atoms with E-state index in [0.29, 0.717) is 5.52 Å². The number of hydrogen-bond acceptors (Lipinski definition) is 3. The maximum Gasteiger partial charge on any atom is 0.272 e. The molecular formula is C23H14Cl4N4O2. The van der Waals surface area contributed by atoms with E-state index in [2.05, 4.69) is 20.8 Å². The third kappa shape index (κ3) is 4.84.